The summed E-state index contributed by atoms with van der Waals surface area (Å²) in [5.41, 5.74) is 2.53. The van der Waals surface area contributed by atoms with Gasteiger partial charge in [-0.15, -0.1) is 11.6 Å². The highest BCUT2D eigenvalue weighted by atomic mass is 35.5. The zero-order valence-corrected chi connectivity index (χ0v) is 10.7. The molecule has 1 atom stereocenters. The Morgan fingerprint density at radius 2 is 1.82 bits per heavy atom. The molecule has 0 nitrogen and oxygen atoms in total. The molecule has 0 aromatic heterocycles. The van der Waals surface area contributed by atoms with Crippen LogP contribution >= 0.6 is 11.6 Å². The Bertz CT molecular complexity index is 371. The summed E-state index contributed by atoms with van der Waals surface area (Å²) in [6.07, 6.45) is -3.71. The van der Waals surface area contributed by atoms with E-state index in [2.05, 4.69) is 0 Å². The van der Waals surface area contributed by atoms with Crippen molar-refractivity contribution in [2.24, 2.45) is 0 Å². The lowest BCUT2D eigenvalue weighted by atomic mass is 9.97. The van der Waals surface area contributed by atoms with Crippen LogP contribution in [0, 0.1) is 0 Å². The van der Waals surface area contributed by atoms with Crippen molar-refractivity contribution in [3.8, 4) is 0 Å². The predicted molar refractivity (Wildman–Crippen MR) is 64.5 cm³/mol. The maximum atomic E-state index is 12.3. The fourth-order valence-corrected chi connectivity index (χ4v) is 2.17. The van der Waals surface area contributed by atoms with E-state index in [4.69, 9.17) is 11.6 Å². The summed E-state index contributed by atoms with van der Waals surface area (Å²) >= 11 is 5.88. The molecular formula is C13H16ClF3. The fourth-order valence-electron chi connectivity index (χ4n) is 1.79. The second kappa shape index (κ2) is 5.76. The van der Waals surface area contributed by atoms with E-state index in [-0.39, 0.29) is 0 Å². The Labute approximate surface area is 105 Å². The van der Waals surface area contributed by atoms with E-state index in [0.717, 1.165) is 17.5 Å². The average molecular weight is 265 g/mol. The molecule has 0 aliphatic heterocycles. The largest absolute Gasteiger partial charge is 0.390 e. The van der Waals surface area contributed by atoms with Crippen LogP contribution in [0.25, 0.3) is 0 Å². The van der Waals surface area contributed by atoms with Crippen molar-refractivity contribution in [3.63, 3.8) is 0 Å². The summed E-state index contributed by atoms with van der Waals surface area (Å²) < 4.78 is 37.0. The molecule has 0 bridgehead atoms. The van der Waals surface area contributed by atoms with Crippen LogP contribution in [-0.4, -0.2) is 6.18 Å². The Hall–Kier alpha value is -0.700. The van der Waals surface area contributed by atoms with Gasteiger partial charge in [-0.3, -0.25) is 0 Å². The molecule has 0 spiro atoms. The van der Waals surface area contributed by atoms with Crippen LogP contribution in [0.5, 0.6) is 0 Å². The second-order valence-electron chi connectivity index (χ2n) is 4.03. The number of rotatable bonds is 4. The first-order chi connectivity index (χ1) is 7.87. The molecule has 4 heteroatoms. The monoisotopic (exact) mass is 264 g/mol. The summed E-state index contributed by atoms with van der Waals surface area (Å²) in [5, 5.41) is -0.989. The Balaban J connectivity index is 3.01. The van der Waals surface area contributed by atoms with Gasteiger partial charge in [0, 0.05) is 0 Å². The number of hydrogen-bond donors (Lipinski definition) is 0. The third-order valence-corrected chi connectivity index (χ3v) is 3.14. The highest BCUT2D eigenvalue weighted by Crippen LogP contribution is 2.36. The Kier molecular flexibility index (Phi) is 4.87. The topological polar surface area (TPSA) is 0 Å². The van der Waals surface area contributed by atoms with E-state index in [1.54, 1.807) is 6.07 Å². The van der Waals surface area contributed by atoms with Crippen LogP contribution in [0.1, 0.15) is 42.3 Å². The van der Waals surface area contributed by atoms with Crippen LogP contribution in [0.15, 0.2) is 18.2 Å². The van der Waals surface area contributed by atoms with Gasteiger partial charge in [0.05, 0.1) is 11.8 Å². The molecule has 1 aromatic carbocycles. The number of alkyl halides is 4. The molecule has 0 radical (unpaired) electrons. The molecule has 0 heterocycles. The van der Waals surface area contributed by atoms with Crippen molar-refractivity contribution >= 4 is 11.6 Å². The number of aryl methyl sites for hydroxylation is 2. The first-order valence-corrected chi connectivity index (χ1v) is 6.13. The van der Waals surface area contributed by atoms with Gasteiger partial charge in [0.25, 0.3) is 0 Å². The summed E-state index contributed by atoms with van der Waals surface area (Å²) in [6, 6.07) is 5.61. The third kappa shape index (κ3) is 4.23. The van der Waals surface area contributed by atoms with E-state index in [0.29, 0.717) is 12.0 Å². The number of hydrogen-bond acceptors (Lipinski definition) is 0. The zero-order valence-electron chi connectivity index (χ0n) is 9.94. The SMILES string of the molecule is CCc1ccc(CC)c(C(Cl)CC(F)(F)F)c1. The molecular weight excluding hydrogens is 249 g/mol. The minimum absolute atomic E-state index is 0.617. The lowest BCUT2D eigenvalue weighted by molar-refractivity contribution is -0.134. The molecule has 0 aliphatic carbocycles. The molecule has 17 heavy (non-hydrogen) atoms. The lowest BCUT2D eigenvalue weighted by Gasteiger charge is -2.17. The van der Waals surface area contributed by atoms with Crippen molar-refractivity contribution in [1.82, 2.24) is 0 Å². The van der Waals surface area contributed by atoms with Gasteiger partial charge in [-0.05, 0) is 29.5 Å². The summed E-state index contributed by atoms with van der Waals surface area (Å²) in [4.78, 5) is 0. The van der Waals surface area contributed by atoms with E-state index < -0.39 is 18.0 Å². The van der Waals surface area contributed by atoms with Crippen LogP contribution in [0.3, 0.4) is 0 Å². The van der Waals surface area contributed by atoms with Crippen molar-refractivity contribution < 1.29 is 13.2 Å². The zero-order chi connectivity index (χ0) is 13.1. The van der Waals surface area contributed by atoms with Gasteiger partial charge < -0.3 is 0 Å². The Morgan fingerprint density at radius 3 is 2.29 bits per heavy atom. The molecule has 0 N–H and O–H groups in total. The maximum absolute atomic E-state index is 12.3. The summed E-state index contributed by atoms with van der Waals surface area (Å²) in [5.74, 6) is 0. The molecule has 96 valence electrons. The summed E-state index contributed by atoms with van der Waals surface area (Å²) in [7, 11) is 0. The van der Waals surface area contributed by atoms with Gasteiger partial charge in [-0.2, -0.15) is 13.2 Å². The standard InChI is InChI=1S/C13H16ClF3/c1-3-9-5-6-10(4-2)11(7-9)12(14)8-13(15,16)17/h5-7,12H,3-4,8H2,1-2H3. The Morgan fingerprint density at radius 1 is 1.18 bits per heavy atom. The molecule has 0 aliphatic rings. The van der Waals surface area contributed by atoms with E-state index in [1.165, 1.54) is 0 Å². The molecule has 1 unspecified atom stereocenters. The lowest BCUT2D eigenvalue weighted by Crippen LogP contribution is -2.12. The van der Waals surface area contributed by atoms with E-state index >= 15 is 0 Å². The average Bonchev–Trinajstić information content (AvgIpc) is 2.25. The number of benzene rings is 1. The minimum atomic E-state index is -4.22. The van der Waals surface area contributed by atoms with Gasteiger partial charge in [0.2, 0.25) is 0 Å². The summed E-state index contributed by atoms with van der Waals surface area (Å²) in [6.45, 7) is 3.89. The maximum Gasteiger partial charge on any atom is 0.390 e. The van der Waals surface area contributed by atoms with Gasteiger partial charge in [0.1, 0.15) is 0 Å². The molecule has 1 aromatic rings. The number of halogens is 4. The van der Waals surface area contributed by atoms with Crippen LogP contribution < -0.4 is 0 Å². The van der Waals surface area contributed by atoms with Gasteiger partial charge >= 0.3 is 6.18 Å². The molecule has 0 saturated heterocycles. The fraction of sp³-hybridized carbons (Fsp3) is 0.538. The molecule has 0 fully saturated rings. The van der Waals surface area contributed by atoms with Gasteiger partial charge in [-0.25, -0.2) is 0 Å². The van der Waals surface area contributed by atoms with Crippen molar-refractivity contribution in [3.05, 3.63) is 34.9 Å². The van der Waals surface area contributed by atoms with E-state index in [1.807, 2.05) is 26.0 Å². The first-order valence-electron chi connectivity index (χ1n) is 5.69. The van der Waals surface area contributed by atoms with Gasteiger partial charge in [-0.1, -0.05) is 32.0 Å². The second-order valence-corrected chi connectivity index (χ2v) is 4.55. The van der Waals surface area contributed by atoms with Crippen LogP contribution in [0.4, 0.5) is 13.2 Å². The smallest absolute Gasteiger partial charge is 0.171 e. The van der Waals surface area contributed by atoms with Crippen molar-refractivity contribution in [1.29, 1.82) is 0 Å². The minimum Gasteiger partial charge on any atom is -0.171 e. The first kappa shape index (κ1) is 14.4. The third-order valence-electron chi connectivity index (χ3n) is 2.75. The van der Waals surface area contributed by atoms with Crippen LogP contribution in [-0.2, 0) is 12.8 Å². The quantitative estimate of drug-likeness (QED) is 0.668. The van der Waals surface area contributed by atoms with Gasteiger partial charge in [0.15, 0.2) is 0 Å². The molecule has 1 rings (SSSR count). The molecule has 0 saturated carbocycles. The van der Waals surface area contributed by atoms with Crippen LogP contribution in [0.2, 0.25) is 0 Å². The highest BCUT2D eigenvalue weighted by molar-refractivity contribution is 6.21. The van der Waals surface area contributed by atoms with Crippen molar-refractivity contribution in [2.45, 2.75) is 44.7 Å². The van der Waals surface area contributed by atoms with E-state index in [9.17, 15) is 13.2 Å². The highest BCUT2D eigenvalue weighted by Gasteiger charge is 2.32. The molecule has 0 amide bonds. The van der Waals surface area contributed by atoms with Crippen molar-refractivity contribution in [2.75, 3.05) is 0 Å². The predicted octanol–water partition coefficient (Wildman–Crippen LogP) is 5.04. The normalized spacial score (nSPS) is 13.8.